The Bertz CT molecular complexity index is 802. The summed E-state index contributed by atoms with van der Waals surface area (Å²) in [6.07, 6.45) is 0.331. The Hall–Kier alpha value is -2.86. The summed E-state index contributed by atoms with van der Waals surface area (Å²) in [5.74, 6) is -0.429. The van der Waals surface area contributed by atoms with E-state index in [-0.39, 0.29) is 12.6 Å². The topological polar surface area (TPSA) is 67.9 Å². The van der Waals surface area contributed by atoms with E-state index in [0.717, 1.165) is 5.56 Å². The second-order valence-electron chi connectivity index (χ2n) is 7.38. The van der Waals surface area contributed by atoms with Crippen molar-refractivity contribution in [3.8, 4) is 0 Å². The van der Waals surface area contributed by atoms with Crippen molar-refractivity contribution in [2.24, 2.45) is 0 Å². The maximum Gasteiger partial charge on any atom is 0.408 e. The second kappa shape index (κ2) is 9.56. The third-order valence-electron chi connectivity index (χ3n) is 5.61. The van der Waals surface area contributed by atoms with Gasteiger partial charge in [-0.25, -0.2) is 9.59 Å². The van der Waals surface area contributed by atoms with Crippen LogP contribution in [0.15, 0.2) is 60.7 Å². The molecule has 0 spiro atoms. The molecular formula is C23H28N2O4. The number of amides is 1. The number of piperidine rings is 1. The first-order valence-electron chi connectivity index (χ1n) is 9.90. The van der Waals surface area contributed by atoms with E-state index in [1.54, 1.807) is 0 Å². The van der Waals surface area contributed by atoms with Crippen molar-refractivity contribution in [3.05, 3.63) is 71.8 Å². The molecule has 1 heterocycles. The van der Waals surface area contributed by atoms with E-state index in [4.69, 9.17) is 9.47 Å². The Labute approximate surface area is 171 Å². The zero-order valence-electron chi connectivity index (χ0n) is 17.0. The molecule has 154 valence electrons. The quantitative estimate of drug-likeness (QED) is 0.755. The first-order chi connectivity index (χ1) is 14.0. The van der Waals surface area contributed by atoms with E-state index in [1.165, 1.54) is 12.7 Å². The van der Waals surface area contributed by atoms with Gasteiger partial charge < -0.3 is 14.8 Å². The Morgan fingerprint density at radius 2 is 1.62 bits per heavy atom. The van der Waals surface area contributed by atoms with Crippen LogP contribution in [0.3, 0.4) is 0 Å². The highest BCUT2D eigenvalue weighted by atomic mass is 16.6. The average Bonchev–Trinajstić information content (AvgIpc) is 2.78. The lowest BCUT2D eigenvalue weighted by molar-refractivity contribution is -0.150. The molecule has 0 aromatic heterocycles. The lowest BCUT2D eigenvalue weighted by atomic mass is 9.86. The molecule has 2 aromatic carbocycles. The summed E-state index contributed by atoms with van der Waals surface area (Å²) in [4.78, 5) is 27.2. The highest BCUT2D eigenvalue weighted by Gasteiger charge is 2.45. The van der Waals surface area contributed by atoms with Crippen LogP contribution in [-0.2, 0) is 20.9 Å². The number of carbonyl (C=O) groups is 2. The number of nitrogens with one attached hydrogen (secondary N) is 1. The summed E-state index contributed by atoms with van der Waals surface area (Å²) in [6.45, 7) is 3.65. The molecule has 1 aliphatic rings. The molecule has 0 unspecified atom stereocenters. The summed E-state index contributed by atoms with van der Waals surface area (Å²) in [5.41, 5.74) is 1.06. The van der Waals surface area contributed by atoms with Crippen LogP contribution < -0.4 is 5.32 Å². The van der Waals surface area contributed by atoms with E-state index in [9.17, 15) is 9.59 Å². The summed E-state index contributed by atoms with van der Waals surface area (Å²) >= 11 is 0. The number of hydrogen-bond acceptors (Lipinski definition) is 5. The molecule has 0 radical (unpaired) electrons. The van der Waals surface area contributed by atoms with Crippen LogP contribution in [0.1, 0.15) is 36.9 Å². The number of nitrogens with zero attached hydrogens (tertiary/aromatic N) is 1. The van der Waals surface area contributed by atoms with Crippen molar-refractivity contribution in [1.82, 2.24) is 10.2 Å². The molecule has 1 N–H and O–H groups in total. The molecule has 6 heteroatoms. The minimum Gasteiger partial charge on any atom is -0.467 e. The SMILES string of the molecule is COC(=O)C1(NC(=O)OCc2ccccc2)CCN([C@@H](C)c2ccccc2)CC1. The van der Waals surface area contributed by atoms with Gasteiger partial charge in [0.15, 0.2) is 0 Å². The smallest absolute Gasteiger partial charge is 0.408 e. The molecule has 1 fully saturated rings. The zero-order chi connectivity index (χ0) is 20.7. The van der Waals surface area contributed by atoms with Crippen LogP contribution in [0.4, 0.5) is 4.79 Å². The Morgan fingerprint density at radius 3 is 2.21 bits per heavy atom. The van der Waals surface area contributed by atoms with Gasteiger partial charge in [-0.1, -0.05) is 60.7 Å². The van der Waals surface area contributed by atoms with Crippen LogP contribution in [0, 0.1) is 0 Å². The average molecular weight is 396 g/mol. The molecule has 6 nitrogen and oxygen atoms in total. The first kappa shape index (κ1) is 20.9. The van der Waals surface area contributed by atoms with Crippen LogP contribution in [-0.4, -0.2) is 42.7 Å². The van der Waals surface area contributed by atoms with Gasteiger partial charge in [-0.15, -0.1) is 0 Å². The van der Waals surface area contributed by atoms with E-state index >= 15 is 0 Å². The maximum atomic E-state index is 12.5. The number of methoxy groups -OCH3 is 1. The lowest BCUT2D eigenvalue weighted by Crippen LogP contribution is -2.60. The first-order valence-corrected chi connectivity index (χ1v) is 9.90. The molecule has 0 bridgehead atoms. The number of ether oxygens (including phenoxy) is 2. The third-order valence-corrected chi connectivity index (χ3v) is 5.61. The van der Waals surface area contributed by atoms with Crippen LogP contribution in [0.5, 0.6) is 0 Å². The van der Waals surface area contributed by atoms with Gasteiger partial charge in [0.2, 0.25) is 0 Å². The summed E-state index contributed by atoms with van der Waals surface area (Å²) < 4.78 is 10.3. The Kier molecular flexibility index (Phi) is 6.88. The molecule has 3 rings (SSSR count). The molecule has 2 aromatic rings. The monoisotopic (exact) mass is 396 g/mol. The third kappa shape index (κ3) is 5.15. The normalized spacial score (nSPS) is 17.2. The van der Waals surface area contributed by atoms with E-state index in [2.05, 4.69) is 29.3 Å². The van der Waals surface area contributed by atoms with Crippen molar-refractivity contribution >= 4 is 12.1 Å². The molecular weight excluding hydrogens is 368 g/mol. The summed E-state index contributed by atoms with van der Waals surface area (Å²) in [6, 6.07) is 19.9. The fourth-order valence-corrected chi connectivity index (χ4v) is 3.77. The summed E-state index contributed by atoms with van der Waals surface area (Å²) in [5, 5.41) is 2.79. The number of benzene rings is 2. The molecule has 1 atom stereocenters. The predicted octanol–water partition coefficient (Wildman–Crippen LogP) is 3.68. The van der Waals surface area contributed by atoms with Gasteiger partial charge in [-0.05, 0) is 30.9 Å². The van der Waals surface area contributed by atoms with Gasteiger partial charge in [0.1, 0.15) is 12.1 Å². The second-order valence-corrected chi connectivity index (χ2v) is 7.38. The van der Waals surface area contributed by atoms with Crippen LogP contribution in [0.25, 0.3) is 0 Å². The molecule has 1 saturated heterocycles. The van der Waals surface area contributed by atoms with E-state index in [1.807, 2.05) is 48.5 Å². The van der Waals surface area contributed by atoms with Gasteiger partial charge >= 0.3 is 12.1 Å². The molecule has 0 saturated carbocycles. The van der Waals surface area contributed by atoms with Crippen molar-refractivity contribution in [3.63, 3.8) is 0 Å². The largest absolute Gasteiger partial charge is 0.467 e. The Morgan fingerprint density at radius 1 is 1.03 bits per heavy atom. The highest BCUT2D eigenvalue weighted by Crippen LogP contribution is 2.30. The molecule has 29 heavy (non-hydrogen) atoms. The van der Waals surface area contributed by atoms with E-state index < -0.39 is 17.6 Å². The van der Waals surface area contributed by atoms with Gasteiger partial charge in [-0.3, -0.25) is 4.90 Å². The van der Waals surface area contributed by atoms with E-state index in [0.29, 0.717) is 25.9 Å². The minimum atomic E-state index is -1.06. The summed E-state index contributed by atoms with van der Waals surface area (Å²) in [7, 11) is 1.35. The highest BCUT2D eigenvalue weighted by molar-refractivity contribution is 5.86. The predicted molar refractivity (Wildman–Crippen MR) is 110 cm³/mol. The number of carbonyl (C=O) groups excluding carboxylic acids is 2. The zero-order valence-corrected chi connectivity index (χ0v) is 17.0. The van der Waals surface area contributed by atoms with Gasteiger partial charge in [0.05, 0.1) is 7.11 Å². The number of alkyl carbamates (subject to hydrolysis) is 1. The van der Waals surface area contributed by atoms with Crippen molar-refractivity contribution in [2.45, 2.75) is 38.0 Å². The van der Waals surface area contributed by atoms with Crippen molar-refractivity contribution in [2.75, 3.05) is 20.2 Å². The van der Waals surface area contributed by atoms with Crippen LogP contribution >= 0.6 is 0 Å². The number of likely N-dealkylation sites (tertiary alicyclic amines) is 1. The molecule has 0 aliphatic carbocycles. The fourth-order valence-electron chi connectivity index (χ4n) is 3.77. The number of esters is 1. The standard InChI is InChI=1S/C23H28N2O4/c1-18(20-11-7-4-8-12-20)25-15-13-23(14-16-25,21(26)28-2)24-22(27)29-17-19-9-5-3-6-10-19/h3-12,18H,13-17H2,1-2H3,(H,24,27)/t18-/m0/s1. The maximum absolute atomic E-state index is 12.5. The molecule has 1 amide bonds. The molecule has 1 aliphatic heterocycles. The van der Waals surface area contributed by atoms with Gasteiger partial charge in [0, 0.05) is 19.1 Å². The van der Waals surface area contributed by atoms with Crippen LogP contribution in [0.2, 0.25) is 0 Å². The minimum absolute atomic E-state index is 0.154. The van der Waals surface area contributed by atoms with Crippen molar-refractivity contribution in [1.29, 1.82) is 0 Å². The number of rotatable bonds is 6. The lowest BCUT2D eigenvalue weighted by Gasteiger charge is -2.42. The van der Waals surface area contributed by atoms with Crippen molar-refractivity contribution < 1.29 is 19.1 Å². The van der Waals surface area contributed by atoms with Gasteiger partial charge in [-0.2, -0.15) is 0 Å². The Balaban J connectivity index is 1.61. The fraction of sp³-hybridized carbons (Fsp3) is 0.391. The van der Waals surface area contributed by atoms with Gasteiger partial charge in [0.25, 0.3) is 0 Å². The number of hydrogen-bond donors (Lipinski definition) is 1.